The molecule has 1 aliphatic heterocycles. The molecule has 1 aliphatic rings. The zero-order valence-electron chi connectivity index (χ0n) is 7.99. The number of imidazole rings is 1. The number of nitrogens with zero attached hydrogens (tertiary/aromatic N) is 2. The molecule has 5 heteroatoms. The number of hydrogen-bond acceptors (Lipinski definition) is 3. The second-order valence-corrected chi connectivity index (χ2v) is 4.27. The molecule has 0 aromatic carbocycles. The van der Waals surface area contributed by atoms with Crippen molar-refractivity contribution in [1.82, 2.24) is 9.55 Å². The van der Waals surface area contributed by atoms with Gasteiger partial charge in [-0.05, 0) is 6.42 Å². The number of aliphatic carboxylic acids is 1. The van der Waals surface area contributed by atoms with Gasteiger partial charge in [0.1, 0.15) is 0 Å². The van der Waals surface area contributed by atoms with Crippen molar-refractivity contribution in [2.45, 2.75) is 31.5 Å². The summed E-state index contributed by atoms with van der Waals surface area (Å²) in [5, 5.41) is 9.71. The van der Waals surface area contributed by atoms with Gasteiger partial charge in [-0.1, -0.05) is 18.7 Å². The summed E-state index contributed by atoms with van der Waals surface area (Å²) in [7, 11) is 0. The average molecular weight is 212 g/mol. The van der Waals surface area contributed by atoms with E-state index in [1.165, 1.54) is 0 Å². The third-order valence-electron chi connectivity index (χ3n) is 2.32. The molecule has 0 unspecified atom stereocenters. The fraction of sp³-hybridized carbons (Fsp3) is 0.556. The molecular weight excluding hydrogens is 200 g/mol. The topological polar surface area (TPSA) is 55.1 Å². The van der Waals surface area contributed by atoms with Gasteiger partial charge in [0.05, 0.1) is 12.1 Å². The van der Waals surface area contributed by atoms with E-state index in [1.54, 1.807) is 11.8 Å². The lowest BCUT2D eigenvalue weighted by molar-refractivity contribution is -0.136. The van der Waals surface area contributed by atoms with Crippen molar-refractivity contribution in [3.05, 3.63) is 11.4 Å². The second kappa shape index (κ2) is 3.65. The highest BCUT2D eigenvalue weighted by Gasteiger charge is 2.21. The van der Waals surface area contributed by atoms with Gasteiger partial charge in [-0.25, -0.2) is 4.98 Å². The van der Waals surface area contributed by atoms with Crippen LogP contribution in [0.2, 0.25) is 0 Å². The van der Waals surface area contributed by atoms with Crippen LogP contribution >= 0.6 is 11.8 Å². The van der Waals surface area contributed by atoms with Crippen LogP contribution < -0.4 is 0 Å². The predicted octanol–water partition coefficient (Wildman–Crippen LogP) is 1.18. The normalized spacial score (nSPS) is 14.4. The molecule has 76 valence electrons. The minimum atomic E-state index is -0.804. The van der Waals surface area contributed by atoms with E-state index in [1.807, 2.05) is 6.92 Å². The molecule has 0 fully saturated rings. The molecule has 4 nitrogen and oxygen atoms in total. The van der Waals surface area contributed by atoms with Gasteiger partial charge < -0.3 is 9.67 Å². The lowest BCUT2D eigenvalue weighted by Crippen LogP contribution is -2.06. The predicted molar refractivity (Wildman–Crippen MR) is 53.7 cm³/mol. The van der Waals surface area contributed by atoms with Crippen LogP contribution in [0.15, 0.2) is 5.16 Å². The average Bonchev–Trinajstić information content (AvgIpc) is 2.62. The molecule has 1 aromatic rings. The molecule has 1 N–H and O–H groups in total. The summed E-state index contributed by atoms with van der Waals surface area (Å²) < 4.78 is 2.14. The van der Waals surface area contributed by atoms with E-state index in [4.69, 9.17) is 5.11 Å². The zero-order valence-corrected chi connectivity index (χ0v) is 8.80. The van der Waals surface area contributed by atoms with E-state index in [2.05, 4.69) is 9.55 Å². The highest BCUT2D eigenvalue weighted by molar-refractivity contribution is 7.99. The zero-order chi connectivity index (χ0) is 10.1. The summed E-state index contributed by atoms with van der Waals surface area (Å²) in [6.07, 6.45) is 0.903. The van der Waals surface area contributed by atoms with Gasteiger partial charge in [0.15, 0.2) is 5.16 Å². The van der Waals surface area contributed by atoms with Crippen LogP contribution in [0.1, 0.15) is 18.3 Å². The Morgan fingerprint density at radius 1 is 1.71 bits per heavy atom. The number of thioether (sulfide) groups is 1. The molecule has 0 atom stereocenters. The number of fused-ring (bicyclic) bond motifs is 1. The molecule has 2 heterocycles. The Labute approximate surface area is 86.3 Å². The Morgan fingerprint density at radius 3 is 3.14 bits per heavy atom. The molecule has 0 spiro atoms. The summed E-state index contributed by atoms with van der Waals surface area (Å²) in [6.45, 7) is 3.01. The lowest BCUT2D eigenvalue weighted by atomic mass is 10.2. The molecule has 1 aromatic heterocycles. The Kier molecular flexibility index (Phi) is 2.50. The number of rotatable bonds is 3. The van der Waals surface area contributed by atoms with Crippen molar-refractivity contribution in [3.8, 4) is 0 Å². The van der Waals surface area contributed by atoms with E-state index in [0.29, 0.717) is 0 Å². The Balaban J connectivity index is 2.36. The first-order valence-electron chi connectivity index (χ1n) is 4.65. The highest BCUT2D eigenvalue weighted by atomic mass is 32.2. The number of hydrogen-bond donors (Lipinski definition) is 1. The minimum Gasteiger partial charge on any atom is -0.481 e. The maximum Gasteiger partial charge on any atom is 0.309 e. The molecule has 2 rings (SSSR count). The van der Waals surface area contributed by atoms with Crippen molar-refractivity contribution in [2.75, 3.05) is 5.75 Å². The number of carbonyl (C=O) groups is 1. The third-order valence-corrected chi connectivity index (χ3v) is 3.28. The Hall–Kier alpha value is -0.970. The van der Waals surface area contributed by atoms with E-state index in [0.717, 1.165) is 35.3 Å². The first-order chi connectivity index (χ1) is 6.72. The van der Waals surface area contributed by atoms with Gasteiger partial charge in [-0.2, -0.15) is 0 Å². The van der Waals surface area contributed by atoms with E-state index in [9.17, 15) is 4.79 Å². The van der Waals surface area contributed by atoms with Gasteiger partial charge in [-0.3, -0.25) is 4.79 Å². The van der Waals surface area contributed by atoms with Gasteiger partial charge in [0.25, 0.3) is 0 Å². The van der Waals surface area contributed by atoms with Crippen molar-refractivity contribution in [2.24, 2.45) is 0 Å². The molecule has 0 saturated heterocycles. The monoisotopic (exact) mass is 212 g/mol. The fourth-order valence-corrected chi connectivity index (χ4v) is 2.75. The summed E-state index contributed by atoms with van der Waals surface area (Å²) in [5.41, 5.74) is 1.83. The number of carboxylic acid groups (broad SMARTS) is 1. The van der Waals surface area contributed by atoms with E-state index >= 15 is 0 Å². The standard InChI is InChI=1S/C9H12N2O2S/c1-2-7-6(5-8(12)13)10-9-11(7)3-4-14-9/h2-5H2,1H3,(H,12,13). The van der Waals surface area contributed by atoms with Crippen LogP contribution in [-0.2, 0) is 24.2 Å². The molecule has 0 saturated carbocycles. The molecule has 0 radical (unpaired) electrons. The van der Waals surface area contributed by atoms with Crippen LogP contribution in [0.5, 0.6) is 0 Å². The Morgan fingerprint density at radius 2 is 2.50 bits per heavy atom. The Bertz CT molecular complexity index is 373. The second-order valence-electron chi connectivity index (χ2n) is 3.21. The van der Waals surface area contributed by atoms with Gasteiger partial charge in [0, 0.05) is 18.0 Å². The highest BCUT2D eigenvalue weighted by Crippen LogP contribution is 2.28. The molecular formula is C9H12N2O2S. The fourth-order valence-electron chi connectivity index (χ4n) is 1.76. The van der Waals surface area contributed by atoms with Crippen molar-refractivity contribution >= 4 is 17.7 Å². The summed E-state index contributed by atoms with van der Waals surface area (Å²) in [4.78, 5) is 15.0. The van der Waals surface area contributed by atoms with Gasteiger partial charge >= 0.3 is 5.97 Å². The molecule has 0 aliphatic carbocycles. The third kappa shape index (κ3) is 1.52. The quantitative estimate of drug-likeness (QED) is 0.817. The van der Waals surface area contributed by atoms with Crippen molar-refractivity contribution in [3.63, 3.8) is 0 Å². The van der Waals surface area contributed by atoms with Gasteiger partial charge in [0.2, 0.25) is 0 Å². The van der Waals surface area contributed by atoms with Crippen LogP contribution in [-0.4, -0.2) is 26.4 Å². The first kappa shape index (κ1) is 9.58. The van der Waals surface area contributed by atoms with Crippen LogP contribution in [0.4, 0.5) is 0 Å². The van der Waals surface area contributed by atoms with Gasteiger partial charge in [-0.15, -0.1) is 0 Å². The maximum atomic E-state index is 10.6. The summed E-state index contributed by atoms with van der Waals surface area (Å²) in [6, 6.07) is 0. The summed E-state index contributed by atoms with van der Waals surface area (Å²) >= 11 is 1.70. The van der Waals surface area contributed by atoms with Crippen LogP contribution in [0.25, 0.3) is 0 Å². The van der Waals surface area contributed by atoms with E-state index < -0.39 is 5.97 Å². The van der Waals surface area contributed by atoms with Crippen molar-refractivity contribution in [1.29, 1.82) is 0 Å². The number of aromatic nitrogens is 2. The molecule has 0 bridgehead atoms. The first-order valence-corrected chi connectivity index (χ1v) is 5.63. The molecule has 0 amide bonds. The number of carboxylic acids is 1. The SMILES string of the molecule is CCc1c(CC(=O)O)nc2n1CCS2. The van der Waals surface area contributed by atoms with Crippen LogP contribution in [0.3, 0.4) is 0 Å². The van der Waals surface area contributed by atoms with E-state index in [-0.39, 0.29) is 6.42 Å². The molecule has 14 heavy (non-hydrogen) atoms. The van der Waals surface area contributed by atoms with Crippen molar-refractivity contribution < 1.29 is 9.90 Å². The summed E-state index contributed by atoms with van der Waals surface area (Å²) in [5.74, 6) is 0.254. The maximum absolute atomic E-state index is 10.6. The van der Waals surface area contributed by atoms with Crippen LogP contribution in [0, 0.1) is 0 Å². The lowest BCUT2D eigenvalue weighted by Gasteiger charge is -2.02. The smallest absolute Gasteiger partial charge is 0.309 e. The minimum absolute atomic E-state index is 0.0454. The largest absolute Gasteiger partial charge is 0.481 e.